The standard InChI is InChI=1S/C15H24N2S/c1-2-16-12-14-5-3-6-15(11-14)13-17-7-4-9-18-10-8-17/h3,5-6,11,16H,2,4,7-10,12-13H2,1H3. The molecule has 3 heteroatoms. The lowest BCUT2D eigenvalue weighted by Crippen LogP contribution is -2.25. The van der Waals surface area contributed by atoms with Crippen LogP contribution in [0.25, 0.3) is 0 Å². The van der Waals surface area contributed by atoms with Crippen LogP contribution in [0.15, 0.2) is 24.3 Å². The van der Waals surface area contributed by atoms with Crippen LogP contribution in [0.4, 0.5) is 0 Å². The number of nitrogens with one attached hydrogen (secondary N) is 1. The molecule has 2 nitrogen and oxygen atoms in total. The topological polar surface area (TPSA) is 15.3 Å². The molecule has 1 fully saturated rings. The van der Waals surface area contributed by atoms with Gasteiger partial charge in [-0.2, -0.15) is 11.8 Å². The van der Waals surface area contributed by atoms with Crippen LogP contribution in [-0.2, 0) is 13.1 Å². The Morgan fingerprint density at radius 3 is 3.00 bits per heavy atom. The van der Waals surface area contributed by atoms with E-state index in [9.17, 15) is 0 Å². The second-order valence-corrected chi connectivity index (χ2v) is 6.07. The summed E-state index contributed by atoms with van der Waals surface area (Å²) in [6, 6.07) is 9.01. The molecule has 1 N–H and O–H groups in total. The van der Waals surface area contributed by atoms with E-state index in [0.717, 1.165) is 19.6 Å². The van der Waals surface area contributed by atoms with Crippen LogP contribution < -0.4 is 5.32 Å². The number of benzene rings is 1. The van der Waals surface area contributed by atoms with Gasteiger partial charge in [0.2, 0.25) is 0 Å². The molecule has 18 heavy (non-hydrogen) atoms. The van der Waals surface area contributed by atoms with Crippen molar-refractivity contribution in [1.29, 1.82) is 0 Å². The Morgan fingerprint density at radius 2 is 2.11 bits per heavy atom. The number of thioether (sulfide) groups is 1. The highest BCUT2D eigenvalue weighted by Crippen LogP contribution is 2.14. The maximum Gasteiger partial charge on any atom is 0.0234 e. The summed E-state index contributed by atoms with van der Waals surface area (Å²) in [7, 11) is 0. The zero-order valence-electron chi connectivity index (χ0n) is 11.3. The molecule has 0 spiro atoms. The van der Waals surface area contributed by atoms with Gasteiger partial charge in [-0.05, 0) is 36.4 Å². The molecule has 1 heterocycles. The fourth-order valence-electron chi connectivity index (χ4n) is 2.32. The lowest BCUT2D eigenvalue weighted by Gasteiger charge is -2.19. The molecular weight excluding hydrogens is 240 g/mol. The van der Waals surface area contributed by atoms with Gasteiger partial charge in [0.25, 0.3) is 0 Å². The van der Waals surface area contributed by atoms with Crippen LogP contribution >= 0.6 is 11.8 Å². The Balaban J connectivity index is 1.91. The van der Waals surface area contributed by atoms with E-state index < -0.39 is 0 Å². The Kier molecular flexibility index (Phi) is 6.05. The van der Waals surface area contributed by atoms with E-state index in [-0.39, 0.29) is 0 Å². The number of hydrogen-bond donors (Lipinski definition) is 1. The minimum Gasteiger partial charge on any atom is -0.313 e. The molecule has 1 aromatic rings. The number of rotatable bonds is 5. The van der Waals surface area contributed by atoms with E-state index in [4.69, 9.17) is 0 Å². The van der Waals surface area contributed by atoms with Crippen molar-refractivity contribution in [3.63, 3.8) is 0 Å². The van der Waals surface area contributed by atoms with E-state index in [1.165, 1.54) is 42.1 Å². The molecule has 0 saturated carbocycles. The third kappa shape index (κ3) is 4.63. The first-order valence-electron chi connectivity index (χ1n) is 6.97. The summed E-state index contributed by atoms with van der Waals surface area (Å²) in [5, 5.41) is 3.39. The summed E-state index contributed by atoms with van der Waals surface area (Å²) >= 11 is 2.09. The second-order valence-electron chi connectivity index (χ2n) is 4.84. The van der Waals surface area contributed by atoms with Crippen molar-refractivity contribution in [3.05, 3.63) is 35.4 Å². The van der Waals surface area contributed by atoms with Gasteiger partial charge in [-0.3, -0.25) is 4.90 Å². The van der Waals surface area contributed by atoms with E-state index in [2.05, 4.69) is 53.2 Å². The van der Waals surface area contributed by atoms with Gasteiger partial charge < -0.3 is 5.32 Å². The van der Waals surface area contributed by atoms with Gasteiger partial charge in [0, 0.05) is 25.4 Å². The van der Waals surface area contributed by atoms with E-state index in [0.29, 0.717) is 0 Å². The van der Waals surface area contributed by atoms with Gasteiger partial charge in [-0.15, -0.1) is 0 Å². The van der Waals surface area contributed by atoms with E-state index >= 15 is 0 Å². The lowest BCUT2D eigenvalue weighted by atomic mass is 10.1. The third-order valence-electron chi connectivity index (χ3n) is 3.29. The van der Waals surface area contributed by atoms with Crippen LogP contribution in [-0.4, -0.2) is 36.0 Å². The fraction of sp³-hybridized carbons (Fsp3) is 0.600. The first-order chi connectivity index (χ1) is 8.88. The van der Waals surface area contributed by atoms with Crippen LogP contribution in [0.1, 0.15) is 24.5 Å². The minimum absolute atomic E-state index is 0.986. The largest absolute Gasteiger partial charge is 0.313 e. The zero-order valence-corrected chi connectivity index (χ0v) is 12.1. The van der Waals surface area contributed by atoms with Crippen LogP contribution in [0, 0.1) is 0 Å². The van der Waals surface area contributed by atoms with Gasteiger partial charge in [-0.1, -0.05) is 31.2 Å². The van der Waals surface area contributed by atoms with Gasteiger partial charge in [0.05, 0.1) is 0 Å². The Bertz CT molecular complexity index is 346. The first-order valence-corrected chi connectivity index (χ1v) is 8.12. The maximum absolute atomic E-state index is 3.39. The second kappa shape index (κ2) is 7.82. The average molecular weight is 264 g/mol. The summed E-state index contributed by atoms with van der Waals surface area (Å²) < 4.78 is 0. The number of hydrogen-bond acceptors (Lipinski definition) is 3. The van der Waals surface area contributed by atoms with Crippen molar-refractivity contribution in [2.45, 2.75) is 26.4 Å². The molecule has 0 aromatic heterocycles. The molecule has 2 rings (SSSR count). The Morgan fingerprint density at radius 1 is 1.22 bits per heavy atom. The summed E-state index contributed by atoms with van der Waals surface area (Å²) in [6.07, 6.45) is 1.34. The van der Waals surface area contributed by atoms with Crippen molar-refractivity contribution in [1.82, 2.24) is 10.2 Å². The normalized spacial score (nSPS) is 17.6. The van der Waals surface area contributed by atoms with E-state index in [1.807, 2.05) is 0 Å². The molecule has 0 atom stereocenters. The first kappa shape index (κ1) is 13.9. The predicted octanol–water partition coefficient (Wildman–Crippen LogP) is 2.74. The SMILES string of the molecule is CCNCc1cccc(CN2CCCSCC2)c1. The number of nitrogens with zero attached hydrogens (tertiary/aromatic N) is 1. The molecule has 0 amide bonds. The molecule has 1 saturated heterocycles. The van der Waals surface area contributed by atoms with Crippen LogP contribution in [0.3, 0.4) is 0 Å². The zero-order chi connectivity index (χ0) is 12.6. The molecule has 1 aliphatic heterocycles. The van der Waals surface area contributed by atoms with Crippen LogP contribution in [0.2, 0.25) is 0 Å². The Hall–Kier alpha value is -0.510. The molecule has 100 valence electrons. The van der Waals surface area contributed by atoms with Gasteiger partial charge >= 0.3 is 0 Å². The predicted molar refractivity (Wildman–Crippen MR) is 81.0 cm³/mol. The Labute approximate surface area is 115 Å². The van der Waals surface area contributed by atoms with Crippen LogP contribution in [0.5, 0.6) is 0 Å². The van der Waals surface area contributed by atoms with Gasteiger partial charge in [0.15, 0.2) is 0 Å². The van der Waals surface area contributed by atoms with Crippen molar-refractivity contribution >= 4 is 11.8 Å². The van der Waals surface area contributed by atoms with Crippen molar-refractivity contribution in [2.75, 3.05) is 31.1 Å². The van der Waals surface area contributed by atoms with Crippen molar-refractivity contribution in [2.24, 2.45) is 0 Å². The van der Waals surface area contributed by atoms with Gasteiger partial charge in [0.1, 0.15) is 0 Å². The highest BCUT2D eigenvalue weighted by Gasteiger charge is 2.09. The van der Waals surface area contributed by atoms with Gasteiger partial charge in [-0.25, -0.2) is 0 Å². The molecule has 0 unspecified atom stereocenters. The molecule has 1 aliphatic rings. The summed E-state index contributed by atoms with van der Waals surface area (Å²) in [5.41, 5.74) is 2.86. The monoisotopic (exact) mass is 264 g/mol. The summed E-state index contributed by atoms with van der Waals surface area (Å²) in [6.45, 7) is 7.78. The molecule has 0 bridgehead atoms. The lowest BCUT2D eigenvalue weighted by molar-refractivity contribution is 0.287. The highest BCUT2D eigenvalue weighted by molar-refractivity contribution is 7.99. The molecular formula is C15H24N2S. The quantitative estimate of drug-likeness (QED) is 0.880. The summed E-state index contributed by atoms with van der Waals surface area (Å²) in [4.78, 5) is 2.59. The maximum atomic E-state index is 3.39. The third-order valence-corrected chi connectivity index (χ3v) is 4.34. The van der Waals surface area contributed by atoms with E-state index in [1.54, 1.807) is 0 Å². The molecule has 0 radical (unpaired) electrons. The summed E-state index contributed by atoms with van der Waals surface area (Å²) in [5.74, 6) is 2.62. The van der Waals surface area contributed by atoms with Crippen molar-refractivity contribution < 1.29 is 0 Å². The fourth-order valence-corrected chi connectivity index (χ4v) is 3.25. The average Bonchev–Trinajstić information content (AvgIpc) is 2.65. The minimum atomic E-state index is 0.986. The molecule has 0 aliphatic carbocycles. The highest BCUT2D eigenvalue weighted by atomic mass is 32.2. The molecule has 1 aromatic carbocycles. The van der Waals surface area contributed by atoms with Crippen molar-refractivity contribution in [3.8, 4) is 0 Å². The smallest absolute Gasteiger partial charge is 0.0234 e.